The van der Waals surface area contributed by atoms with Crippen molar-refractivity contribution in [2.45, 2.75) is 45.1 Å². The number of carbonyl (C=O) groups excluding carboxylic acids is 2. The van der Waals surface area contributed by atoms with Crippen LogP contribution >= 0.6 is 0 Å². The smallest absolute Gasteiger partial charge is 0.311 e. The van der Waals surface area contributed by atoms with Crippen molar-refractivity contribution in [2.75, 3.05) is 12.1 Å². The highest BCUT2D eigenvalue weighted by molar-refractivity contribution is 5.95. The number of rotatable bonds is 5. The third-order valence-corrected chi connectivity index (χ3v) is 5.08. The van der Waals surface area contributed by atoms with Gasteiger partial charge in [-0.05, 0) is 61.4 Å². The number of ether oxygens (including phenoxy) is 3. The molecule has 1 atom stereocenters. The van der Waals surface area contributed by atoms with E-state index >= 15 is 0 Å². The Bertz CT molecular complexity index is 908. The fourth-order valence-corrected chi connectivity index (χ4v) is 3.57. The Morgan fingerprint density at radius 1 is 1.04 bits per heavy atom. The van der Waals surface area contributed by atoms with Gasteiger partial charge in [0.2, 0.25) is 6.79 Å². The molecule has 1 amide bonds. The van der Waals surface area contributed by atoms with Crippen LogP contribution in [0.25, 0.3) is 0 Å². The van der Waals surface area contributed by atoms with Gasteiger partial charge in [-0.2, -0.15) is 0 Å². The molecule has 0 fully saturated rings. The minimum atomic E-state index is -0.893. The van der Waals surface area contributed by atoms with E-state index in [2.05, 4.69) is 17.4 Å². The summed E-state index contributed by atoms with van der Waals surface area (Å²) in [5, 5.41) is 2.73. The van der Waals surface area contributed by atoms with Gasteiger partial charge in [0.25, 0.3) is 5.91 Å². The zero-order chi connectivity index (χ0) is 19.5. The third-order valence-electron chi connectivity index (χ3n) is 5.08. The van der Waals surface area contributed by atoms with Crippen LogP contribution in [0.2, 0.25) is 0 Å². The van der Waals surface area contributed by atoms with E-state index in [4.69, 9.17) is 14.2 Å². The number of aryl methyl sites for hydroxylation is 2. The Kier molecular flexibility index (Phi) is 5.19. The van der Waals surface area contributed by atoms with Gasteiger partial charge in [0.05, 0.1) is 6.42 Å². The van der Waals surface area contributed by atoms with Crippen molar-refractivity contribution >= 4 is 17.6 Å². The summed E-state index contributed by atoms with van der Waals surface area (Å²) in [5.41, 5.74) is 4.19. The summed E-state index contributed by atoms with van der Waals surface area (Å²) in [4.78, 5) is 24.6. The molecule has 2 aromatic carbocycles. The second kappa shape index (κ2) is 7.92. The molecule has 1 aliphatic heterocycles. The van der Waals surface area contributed by atoms with Crippen molar-refractivity contribution in [2.24, 2.45) is 0 Å². The normalized spacial score (nSPS) is 15.5. The fraction of sp³-hybridized carbons (Fsp3) is 0.364. The number of anilines is 1. The first kappa shape index (κ1) is 18.3. The van der Waals surface area contributed by atoms with Gasteiger partial charge in [0.1, 0.15) is 0 Å². The van der Waals surface area contributed by atoms with Gasteiger partial charge in [-0.25, -0.2) is 0 Å². The molecule has 4 rings (SSSR count). The second-order valence-corrected chi connectivity index (χ2v) is 7.18. The first-order chi connectivity index (χ1) is 13.6. The summed E-state index contributed by atoms with van der Waals surface area (Å²) in [5.74, 6) is 0.416. The lowest BCUT2D eigenvalue weighted by molar-refractivity contribution is -0.152. The van der Waals surface area contributed by atoms with Crippen molar-refractivity contribution in [1.29, 1.82) is 0 Å². The lowest BCUT2D eigenvalue weighted by Crippen LogP contribution is -2.30. The Morgan fingerprint density at radius 2 is 1.82 bits per heavy atom. The SMILES string of the molecule is C[C@H](OC(=O)Cc1ccc2c(c1)CCCC2)C(=O)Nc1ccc2c(c1)OCO2. The van der Waals surface area contributed by atoms with Crippen molar-refractivity contribution in [1.82, 2.24) is 0 Å². The van der Waals surface area contributed by atoms with Crippen molar-refractivity contribution in [3.63, 3.8) is 0 Å². The van der Waals surface area contributed by atoms with E-state index < -0.39 is 18.0 Å². The fourth-order valence-electron chi connectivity index (χ4n) is 3.57. The van der Waals surface area contributed by atoms with Gasteiger partial charge in [-0.15, -0.1) is 0 Å². The molecule has 0 aromatic heterocycles. The number of carbonyl (C=O) groups is 2. The molecule has 6 nitrogen and oxygen atoms in total. The summed E-state index contributed by atoms with van der Waals surface area (Å²) in [6.07, 6.45) is 3.86. The van der Waals surface area contributed by atoms with Crippen LogP contribution in [-0.4, -0.2) is 24.8 Å². The zero-order valence-corrected chi connectivity index (χ0v) is 15.8. The van der Waals surface area contributed by atoms with Crippen LogP contribution in [0.1, 0.15) is 36.5 Å². The molecule has 1 aliphatic carbocycles. The first-order valence-corrected chi connectivity index (χ1v) is 9.59. The Labute approximate surface area is 163 Å². The van der Waals surface area contributed by atoms with E-state index in [1.165, 1.54) is 24.0 Å². The summed E-state index contributed by atoms with van der Waals surface area (Å²) < 4.78 is 15.9. The van der Waals surface area contributed by atoms with Gasteiger partial charge in [0, 0.05) is 11.8 Å². The average Bonchev–Trinajstić information content (AvgIpc) is 3.15. The molecule has 0 spiro atoms. The molecule has 0 unspecified atom stereocenters. The predicted molar refractivity (Wildman–Crippen MR) is 104 cm³/mol. The number of benzene rings is 2. The van der Waals surface area contributed by atoms with Crippen LogP contribution in [0, 0.1) is 0 Å². The van der Waals surface area contributed by atoms with E-state index in [1.807, 2.05) is 6.07 Å². The number of amides is 1. The number of hydrogen-bond acceptors (Lipinski definition) is 5. The highest BCUT2D eigenvalue weighted by Crippen LogP contribution is 2.34. The van der Waals surface area contributed by atoms with E-state index in [0.717, 1.165) is 18.4 Å². The topological polar surface area (TPSA) is 73.9 Å². The maximum atomic E-state index is 12.3. The van der Waals surface area contributed by atoms with E-state index in [1.54, 1.807) is 25.1 Å². The Balaban J connectivity index is 1.32. The van der Waals surface area contributed by atoms with Crippen LogP contribution in [0.4, 0.5) is 5.69 Å². The number of hydrogen-bond donors (Lipinski definition) is 1. The molecule has 28 heavy (non-hydrogen) atoms. The standard InChI is InChI=1S/C22H23NO5/c1-14(22(25)23-18-8-9-19-20(12-18)27-13-26-19)28-21(24)11-15-6-7-16-4-2-3-5-17(16)10-15/h6-10,12,14H,2-5,11,13H2,1H3,(H,23,25)/t14-/m0/s1. The summed E-state index contributed by atoms with van der Waals surface area (Å²) in [7, 11) is 0. The molecule has 0 radical (unpaired) electrons. The van der Waals surface area contributed by atoms with E-state index in [-0.39, 0.29) is 13.2 Å². The second-order valence-electron chi connectivity index (χ2n) is 7.18. The minimum absolute atomic E-state index is 0.162. The maximum absolute atomic E-state index is 12.3. The van der Waals surface area contributed by atoms with Crippen LogP contribution in [0.15, 0.2) is 36.4 Å². The average molecular weight is 381 g/mol. The van der Waals surface area contributed by atoms with Crippen LogP contribution in [0.5, 0.6) is 11.5 Å². The molecule has 1 heterocycles. The van der Waals surface area contributed by atoms with Gasteiger partial charge in [-0.3, -0.25) is 9.59 Å². The van der Waals surface area contributed by atoms with Gasteiger partial charge >= 0.3 is 5.97 Å². The Morgan fingerprint density at radius 3 is 2.68 bits per heavy atom. The highest BCUT2D eigenvalue weighted by Gasteiger charge is 2.20. The summed E-state index contributed by atoms with van der Waals surface area (Å²) in [6, 6.07) is 11.3. The zero-order valence-electron chi connectivity index (χ0n) is 15.8. The molecule has 2 aliphatic rings. The lowest BCUT2D eigenvalue weighted by atomic mass is 9.90. The van der Waals surface area contributed by atoms with Crippen molar-refractivity contribution in [3.05, 3.63) is 53.1 Å². The monoisotopic (exact) mass is 381 g/mol. The van der Waals surface area contributed by atoms with Gasteiger partial charge < -0.3 is 19.5 Å². The van der Waals surface area contributed by atoms with Gasteiger partial charge in [-0.1, -0.05) is 18.2 Å². The molecule has 0 bridgehead atoms. The molecule has 2 aromatic rings. The molecule has 6 heteroatoms. The Hall–Kier alpha value is -3.02. The van der Waals surface area contributed by atoms with Crippen LogP contribution < -0.4 is 14.8 Å². The van der Waals surface area contributed by atoms with Gasteiger partial charge in [0.15, 0.2) is 17.6 Å². The summed E-state index contributed by atoms with van der Waals surface area (Å²) in [6.45, 7) is 1.73. The molecule has 0 saturated carbocycles. The maximum Gasteiger partial charge on any atom is 0.311 e. The lowest BCUT2D eigenvalue weighted by Gasteiger charge is -2.17. The third kappa shape index (κ3) is 4.11. The van der Waals surface area contributed by atoms with E-state index in [9.17, 15) is 9.59 Å². The first-order valence-electron chi connectivity index (χ1n) is 9.59. The number of esters is 1. The van der Waals surface area contributed by atoms with Crippen LogP contribution in [0.3, 0.4) is 0 Å². The van der Waals surface area contributed by atoms with Crippen molar-refractivity contribution < 1.29 is 23.8 Å². The molecular formula is C22H23NO5. The minimum Gasteiger partial charge on any atom is -0.454 e. The molecular weight excluding hydrogens is 358 g/mol. The number of fused-ring (bicyclic) bond motifs is 2. The quantitative estimate of drug-likeness (QED) is 0.804. The summed E-state index contributed by atoms with van der Waals surface area (Å²) >= 11 is 0. The molecule has 146 valence electrons. The molecule has 0 saturated heterocycles. The largest absolute Gasteiger partial charge is 0.454 e. The van der Waals surface area contributed by atoms with E-state index in [0.29, 0.717) is 17.2 Å². The number of nitrogens with one attached hydrogen (secondary N) is 1. The highest BCUT2D eigenvalue weighted by atomic mass is 16.7. The predicted octanol–water partition coefficient (Wildman–Crippen LogP) is 3.41. The van der Waals surface area contributed by atoms with Crippen molar-refractivity contribution in [3.8, 4) is 11.5 Å². The molecule has 1 N–H and O–H groups in total. The van der Waals surface area contributed by atoms with Crippen LogP contribution in [-0.2, 0) is 33.6 Å².